The predicted molar refractivity (Wildman–Crippen MR) is 39.5 cm³/mol. The minimum Gasteiger partial charge on any atom is -0.478 e. The number of carbonyl (C=O) groups is 2. The Bertz CT molecular complexity index is 236. The summed E-state index contributed by atoms with van der Waals surface area (Å²) in [4.78, 5) is 18.6. The first kappa shape index (κ1) is 14.9. The summed E-state index contributed by atoms with van der Waals surface area (Å²) in [6, 6.07) is 0. The van der Waals surface area contributed by atoms with Gasteiger partial charge in [0.05, 0.1) is 0 Å². The van der Waals surface area contributed by atoms with Gasteiger partial charge in [-0.2, -0.15) is 13.2 Å². The summed E-state index contributed by atoms with van der Waals surface area (Å²) in [6.45, 7) is 3.17. The summed E-state index contributed by atoms with van der Waals surface area (Å²) in [5.41, 5.74) is 4.93. The van der Waals surface area contributed by atoms with Crippen LogP contribution < -0.4 is 5.73 Å². The van der Waals surface area contributed by atoms with E-state index in [9.17, 15) is 18.0 Å². The second-order valence-corrected chi connectivity index (χ2v) is 1.92. The number of aliphatic carboxylic acids is 2. The van der Waals surface area contributed by atoms with Crippen molar-refractivity contribution < 1.29 is 33.0 Å². The smallest absolute Gasteiger partial charge is 0.478 e. The number of carboxylic acid groups (broad SMARTS) is 2. The van der Waals surface area contributed by atoms with Crippen LogP contribution in [-0.2, 0) is 9.59 Å². The molecule has 82 valence electrons. The zero-order valence-electron chi connectivity index (χ0n) is 6.84. The molecule has 0 aromatic heterocycles. The Kier molecular flexibility index (Phi) is 6.37. The molecule has 0 aliphatic rings. The van der Waals surface area contributed by atoms with E-state index in [4.69, 9.17) is 20.7 Å². The van der Waals surface area contributed by atoms with Crippen LogP contribution in [0.1, 0.15) is 0 Å². The van der Waals surface area contributed by atoms with Crippen LogP contribution in [-0.4, -0.2) is 34.9 Å². The highest BCUT2D eigenvalue weighted by Crippen LogP contribution is 2.13. The lowest BCUT2D eigenvalue weighted by molar-refractivity contribution is -0.192. The molecule has 0 fully saturated rings. The third kappa shape index (κ3) is 8.53. The highest BCUT2D eigenvalue weighted by atomic mass is 19.4. The van der Waals surface area contributed by atoms with Crippen LogP contribution in [0.3, 0.4) is 0 Å². The number of nitrogens with two attached hydrogens (primary N) is 1. The summed E-state index contributed by atoms with van der Waals surface area (Å²) < 4.78 is 31.7. The maximum atomic E-state index is 10.6. The van der Waals surface area contributed by atoms with Gasteiger partial charge in [-0.05, 0) is 0 Å². The zero-order valence-corrected chi connectivity index (χ0v) is 6.84. The van der Waals surface area contributed by atoms with Crippen molar-refractivity contribution in [2.24, 2.45) is 5.73 Å². The van der Waals surface area contributed by atoms with Crippen LogP contribution >= 0.6 is 0 Å². The van der Waals surface area contributed by atoms with Crippen LogP contribution in [0.5, 0.6) is 0 Å². The van der Waals surface area contributed by atoms with E-state index in [1.807, 2.05) is 0 Å². The molecule has 5 nitrogen and oxygen atoms in total. The molecule has 0 saturated carbocycles. The SMILES string of the molecule is C=C(CN)C(=O)O.O=C(O)C(F)(F)F. The van der Waals surface area contributed by atoms with E-state index in [2.05, 4.69) is 6.58 Å². The molecule has 0 aromatic carbocycles. The third-order valence-electron chi connectivity index (χ3n) is 0.791. The molecule has 0 amide bonds. The van der Waals surface area contributed by atoms with Gasteiger partial charge in [-0.25, -0.2) is 9.59 Å². The van der Waals surface area contributed by atoms with Crippen molar-refractivity contribution in [3.8, 4) is 0 Å². The largest absolute Gasteiger partial charge is 0.490 e. The van der Waals surface area contributed by atoms with Gasteiger partial charge < -0.3 is 15.9 Å². The van der Waals surface area contributed by atoms with Gasteiger partial charge in [0.25, 0.3) is 0 Å². The molecule has 0 heterocycles. The Morgan fingerprint density at radius 2 is 1.57 bits per heavy atom. The average Bonchev–Trinajstić information content (AvgIpc) is 2.02. The van der Waals surface area contributed by atoms with Gasteiger partial charge in [-0.1, -0.05) is 6.58 Å². The number of carboxylic acids is 2. The Morgan fingerprint density at radius 3 is 1.57 bits per heavy atom. The van der Waals surface area contributed by atoms with Gasteiger partial charge in [0, 0.05) is 12.1 Å². The van der Waals surface area contributed by atoms with E-state index >= 15 is 0 Å². The molecule has 8 heteroatoms. The number of hydrogen-bond donors (Lipinski definition) is 3. The van der Waals surface area contributed by atoms with Crippen molar-refractivity contribution in [2.75, 3.05) is 6.54 Å². The molecular formula is C6H8F3NO4. The van der Waals surface area contributed by atoms with Crippen LogP contribution in [0, 0.1) is 0 Å². The van der Waals surface area contributed by atoms with Gasteiger partial charge in [0.15, 0.2) is 0 Å². The molecular weight excluding hydrogens is 207 g/mol. The second kappa shape index (κ2) is 5.97. The first-order valence-corrected chi connectivity index (χ1v) is 3.04. The summed E-state index contributed by atoms with van der Waals surface area (Å²) >= 11 is 0. The lowest BCUT2D eigenvalue weighted by Gasteiger charge is -1.93. The molecule has 0 aromatic rings. The molecule has 0 radical (unpaired) electrons. The maximum Gasteiger partial charge on any atom is 0.490 e. The number of hydrogen-bond acceptors (Lipinski definition) is 3. The quantitative estimate of drug-likeness (QED) is 0.572. The minimum atomic E-state index is -5.08. The van der Waals surface area contributed by atoms with E-state index in [1.54, 1.807) is 0 Å². The summed E-state index contributed by atoms with van der Waals surface area (Å²) in [5, 5.41) is 15.1. The standard InChI is InChI=1S/C4H7NO2.C2HF3O2/c1-3(2-5)4(6)7;3-2(4,5)1(6)7/h1-2,5H2,(H,6,7);(H,6,7). The highest BCUT2D eigenvalue weighted by molar-refractivity contribution is 5.86. The normalized spacial score (nSPS) is 9.71. The van der Waals surface area contributed by atoms with E-state index in [1.165, 1.54) is 0 Å². The monoisotopic (exact) mass is 215 g/mol. The van der Waals surface area contributed by atoms with Gasteiger partial charge in [-0.3, -0.25) is 0 Å². The molecule has 0 saturated heterocycles. The van der Waals surface area contributed by atoms with Crippen molar-refractivity contribution in [1.82, 2.24) is 0 Å². The highest BCUT2D eigenvalue weighted by Gasteiger charge is 2.38. The van der Waals surface area contributed by atoms with Crippen molar-refractivity contribution in [3.63, 3.8) is 0 Å². The lowest BCUT2D eigenvalue weighted by Crippen LogP contribution is -2.21. The van der Waals surface area contributed by atoms with E-state index in [0.29, 0.717) is 0 Å². The summed E-state index contributed by atoms with van der Waals surface area (Å²) in [5.74, 6) is -3.78. The lowest BCUT2D eigenvalue weighted by atomic mass is 10.3. The molecule has 0 rings (SSSR count). The fraction of sp³-hybridized carbons (Fsp3) is 0.333. The van der Waals surface area contributed by atoms with Crippen molar-refractivity contribution in [3.05, 3.63) is 12.2 Å². The Balaban J connectivity index is 0. The molecule has 4 N–H and O–H groups in total. The van der Waals surface area contributed by atoms with Gasteiger partial charge in [-0.15, -0.1) is 0 Å². The van der Waals surface area contributed by atoms with Crippen LogP contribution in [0.2, 0.25) is 0 Å². The van der Waals surface area contributed by atoms with Gasteiger partial charge in [0.2, 0.25) is 0 Å². The molecule has 0 aliphatic heterocycles. The van der Waals surface area contributed by atoms with E-state index in [0.717, 1.165) is 0 Å². The average molecular weight is 215 g/mol. The van der Waals surface area contributed by atoms with Crippen molar-refractivity contribution in [2.45, 2.75) is 6.18 Å². The Labute approximate surface area is 76.6 Å². The Hall–Kier alpha value is -1.57. The molecule has 0 unspecified atom stereocenters. The van der Waals surface area contributed by atoms with Crippen molar-refractivity contribution in [1.29, 1.82) is 0 Å². The molecule has 0 bridgehead atoms. The summed E-state index contributed by atoms with van der Waals surface area (Å²) in [7, 11) is 0. The molecule has 0 atom stereocenters. The fourth-order valence-corrected chi connectivity index (χ4v) is 0.0873. The second-order valence-electron chi connectivity index (χ2n) is 1.92. The van der Waals surface area contributed by atoms with E-state index in [-0.39, 0.29) is 12.1 Å². The zero-order chi connectivity index (χ0) is 11.9. The number of alkyl halides is 3. The van der Waals surface area contributed by atoms with Crippen molar-refractivity contribution >= 4 is 11.9 Å². The van der Waals surface area contributed by atoms with Gasteiger partial charge >= 0.3 is 18.1 Å². The Morgan fingerprint density at radius 1 is 1.29 bits per heavy atom. The fourth-order valence-electron chi connectivity index (χ4n) is 0.0873. The molecule has 0 aliphatic carbocycles. The predicted octanol–water partition coefficient (Wildman–Crippen LogP) is 0.219. The van der Waals surface area contributed by atoms with Crippen LogP contribution in [0.25, 0.3) is 0 Å². The van der Waals surface area contributed by atoms with Gasteiger partial charge in [0.1, 0.15) is 0 Å². The topological polar surface area (TPSA) is 101 Å². The molecule has 0 spiro atoms. The third-order valence-corrected chi connectivity index (χ3v) is 0.791. The number of rotatable bonds is 2. The first-order chi connectivity index (χ1) is 6.12. The number of halogens is 3. The molecule has 14 heavy (non-hydrogen) atoms. The van der Waals surface area contributed by atoms with Crippen LogP contribution in [0.15, 0.2) is 12.2 Å². The minimum absolute atomic E-state index is 0.0231. The summed E-state index contributed by atoms with van der Waals surface area (Å²) in [6.07, 6.45) is -5.08. The first-order valence-electron chi connectivity index (χ1n) is 3.04. The van der Waals surface area contributed by atoms with E-state index < -0.39 is 18.1 Å². The maximum absolute atomic E-state index is 10.6. The van der Waals surface area contributed by atoms with Crippen LogP contribution in [0.4, 0.5) is 13.2 Å².